The number of sulfonamides is 1. The van der Waals surface area contributed by atoms with E-state index in [4.69, 9.17) is 6.42 Å². The number of thiazole rings is 1. The van der Waals surface area contributed by atoms with E-state index in [0.29, 0.717) is 30.0 Å². The number of terminal acetylenes is 1. The van der Waals surface area contributed by atoms with Crippen molar-refractivity contribution < 1.29 is 13.2 Å². The van der Waals surface area contributed by atoms with Gasteiger partial charge in [-0.3, -0.25) is 4.79 Å². The molecule has 1 heterocycles. The molecule has 174 valence electrons. The maximum atomic E-state index is 12.9. The molecule has 2 aromatic carbocycles. The smallest absolute Gasteiger partial charge is 0.279 e. The predicted octanol–water partition coefficient (Wildman–Crippen LogP) is 4.45. The van der Waals surface area contributed by atoms with Crippen molar-refractivity contribution >= 4 is 37.5 Å². The number of fused-ring (bicyclic) bond motifs is 1. The van der Waals surface area contributed by atoms with Crippen LogP contribution in [0.25, 0.3) is 10.2 Å². The minimum atomic E-state index is -3.58. The van der Waals surface area contributed by atoms with Crippen molar-refractivity contribution in [2.75, 3.05) is 13.1 Å². The first-order valence-corrected chi connectivity index (χ1v) is 13.4. The van der Waals surface area contributed by atoms with Gasteiger partial charge in [-0.25, -0.2) is 8.42 Å². The van der Waals surface area contributed by atoms with Crippen molar-refractivity contribution in [1.82, 2.24) is 8.87 Å². The molecular formula is C25H29N3O3S2. The molecule has 33 heavy (non-hydrogen) atoms. The Morgan fingerprint density at radius 3 is 2.42 bits per heavy atom. The molecule has 3 aromatic rings. The van der Waals surface area contributed by atoms with Gasteiger partial charge in [0.25, 0.3) is 5.91 Å². The fourth-order valence-electron chi connectivity index (χ4n) is 3.62. The van der Waals surface area contributed by atoms with E-state index in [1.54, 1.807) is 13.8 Å². The van der Waals surface area contributed by atoms with Crippen molar-refractivity contribution in [3.8, 4) is 12.3 Å². The van der Waals surface area contributed by atoms with Crippen LogP contribution in [0.1, 0.15) is 49.5 Å². The lowest BCUT2D eigenvalue weighted by molar-refractivity contribution is 0.0998. The van der Waals surface area contributed by atoms with Gasteiger partial charge in [0.05, 0.1) is 21.7 Å². The summed E-state index contributed by atoms with van der Waals surface area (Å²) in [6.07, 6.45) is 8.83. The van der Waals surface area contributed by atoms with E-state index >= 15 is 0 Å². The van der Waals surface area contributed by atoms with Crippen molar-refractivity contribution in [3.05, 3.63) is 58.4 Å². The summed E-state index contributed by atoms with van der Waals surface area (Å²) in [5, 5.41) is 0. The van der Waals surface area contributed by atoms with Crippen molar-refractivity contribution in [2.45, 2.75) is 51.5 Å². The van der Waals surface area contributed by atoms with E-state index in [1.165, 1.54) is 45.5 Å². The van der Waals surface area contributed by atoms with Gasteiger partial charge in [-0.2, -0.15) is 9.30 Å². The zero-order chi connectivity index (χ0) is 24.0. The number of aromatic nitrogens is 1. The molecule has 0 bridgehead atoms. The average Bonchev–Trinajstić information content (AvgIpc) is 3.14. The number of rotatable bonds is 9. The monoisotopic (exact) mass is 483 g/mol. The van der Waals surface area contributed by atoms with E-state index in [-0.39, 0.29) is 4.90 Å². The van der Waals surface area contributed by atoms with Gasteiger partial charge in [0.1, 0.15) is 0 Å². The average molecular weight is 484 g/mol. The molecule has 0 spiro atoms. The maximum absolute atomic E-state index is 12.9. The Morgan fingerprint density at radius 1 is 1.12 bits per heavy atom. The number of carbonyl (C=O) groups excluding carboxylic acids is 1. The van der Waals surface area contributed by atoms with Crippen LogP contribution in [0.2, 0.25) is 0 Å². The van der Waals surface area contributed by atoms with E-state index in [9.17, 15) is 13.2 Å². The normalized spacial score (nSPS) is 12.4. The van der Waals surface area contributed by atoms with Gasteiger partial charge in [0, 0.05) is 18.7 Å². The van der Waals surface area contributed by atoms with Crippen LogP contribution in [0.5, 0.6) is 0 Å². The second-order valence-electron chi connectivity index (χ2n) is 7.61. The number of unbranched alkanes of at least 4 members (excludes halogenated alkanes) is 1. The molecule has 0 saturated heterocycles. The summed E-state index contributed by atoms with van der Waals surface area (Å²) in [5.74, 6) is 2.20. The van der Waals surface area contributed by atoms with Gasteiger partial charge >= 0.3 is 0 Å². The Kier molecular flexibility index (Phi) is 8.25. The molecular weight excluding hydrogens is 454 g/mol. The number of carbonyl (C=O) groups is 1. The van der Waals surface area contributed by atoms with Gasteiger partial charge in [0.15, 0.2) is 4.80 Å². The standard InChI is InChI=1S/C25H29N3O3S2/c1-5-9-10-19-11-16-22-23(18-19)32-25(28(22)17-6-2)26-24(29)20-12-14-21(15-13-20)33(30,31)27(7-3)8-4/h2,11-16,18H,5,7-10,17H2,1,3-4H3. The fraction of sp³-hybridized carbons (Fsp3) is 0.360. The first-order chi connectivity index (χ1) is 15.8. The molecule has 6 nitrogen and oxygen atoms in total. The zero-order valence-electron chi connectivity index (χ0n) is 19.2. The van der Waals surface area contributed by atoms with Crippen LogP contribution in [0.15, 0.2) is 52.4 Å². The topological polar surface area (TPSA) is 71.7 Å². The summed E-state index contributed by atoms with van der Waals surface area (Å²) in [4.78, 5) is 17.9. The van der Waals surface area contributed by atoms with Crippen LogP contribution in [0, 0.1) is 12.3 Å². The first-order valence-electron chi connectivity index (χ1n) is 11.1. The molecule has 8 heteroatoms. The van der Waals surface area contributed by atoms with Gasteiger partial charge in [-0.1, -0.05) is 50.5 Å². The number of benzene rings is 2. The van der Waals surface area contributed by atoms with Crippen LogP contribution in [-0.2, 0) is 23.0 Å². The summed E-state index contributed by atoms with van der Waals surface area (Å²) in [5.41, 5.74) is 2.52. The highest BCUT2D eigenvalue weighted by molar-refractivity contribution is 7.89. The van der Waals surface area contributed by atoms with Crippen LogP contribution in [0.3, 0.4) is 0 Å². The van der Waals surface area contributed by atoms with Crippen molar-refractivity contribution in [3.63, 3.8) is 0 Å². The molecule has 0 aliphatic heterocycles. The van der Waals surface area contributed by atoms with Crippen LogP contribution < -0.4 is 4.80 Å². The predicted molar refractivity (Wildman–Crippen MR) is 134 cm³/mol. The Hall–Kier alpha value is -2.73. The molecule has 0 fully saturated rings. The highest BCUT2D eigenvalue weighted by Crippen LogP contribution is 2.21. The SMILES string of the molecule is C#CCn1c(=NC(=O)c2ccc(S(=O)(=O)N(CC)CC)cc2)sc2cc(CCCC)ccc21. The molecule has 1 amide bonds. The summed E-state index contributed by atoms with van der Waals surface area (Å²) in [6.45, 7) is 6.83. The molecule has 0 saturated carbocycles. The molecule has 0 atom stereocenters. The van der Waals surface area contributed by atoms with E-state index < -0.39 is 15.9 Å². The molecule has 0 radical (unpaired) electrons. The quantitative estimate of drug-likeness (QED) is 0.422. The zero-order valence-corrected chi connectivity index (χ0v) is 20.9. The lowest BCUT2D eigenvalue weighted by atomic mass is 10.1. The summed E-state index contributed by atoms with van der Waals surface area (Å²) >= 11 is 1.43. The Labute approximate surface area is 199 Å². The van der Waals surface area contributed by atoms with Gasteiger partial charge in [-0.05, 0) is 54.8 Å². The summed E-state index contributed by atoms with van der Waals surface area (Å²) in [6, 6.07) is 12.2. The lowest BCUT2D eigenvalue weighted by Crippen LogP contribution is -2.30. The second-order valence-corrected chi connectivity index (χ2v) is 10.6. The fourth-order valence-corrected chi connectivity index (χ4v) is 6.17. The summed E-state index contributed by atoms with van der Waals surface area (Å²) < 4.78 is 29.6. The van der Waals surface area contributed by atoms with Crippen molar-refractivity contribution in [1.29, 1.82) is 0 Å². The number of amides is 1. The molecule has 0 aliphatic carbocycles. The van der Waals surface area contributed by atoms with Gasteiger partial charge < -0.3 is 4.57 Å². The highest BCUT2D eigenvalue weighted by Gasteiger charge is 2.21. The molecule has 0 unspecified atom stereocenters. The first kappa shape index (κ1) is 24.9. The number of nitrogens with zero attached hydrogens (tertiary/aromatic N) is 3. The number of hydrogen-bond donors (Lipinski definition) is 0. The third kappa shape index (κ3) is 5.44. The third-order valence-electron chi connectivity index (χ3n) is 5.46. The van der Waals surface area contributed by atoms with E-state index in [0.717, 1.165) is 29.5 Å². The van der Waals surface area contributed by atoms with Crippen LogP contribution in [0.4, 0.5) is 0 Å². The van der Waals surface area contributed by atoms with Crippen LogP contribution >= 0.6 is 11.3 Å². The number of hydrogen-bond acceptors (Lipinski definition) is 4. The highest BCUT2D eigenvalue weighted by atomic mass is 32.2. The molecule has 0 aliphatic rings. The summed E-state index contributed by atoms with van der Waals surface area (Å²) in [7, 11) is -3.58. The minimum Gasteiger partial charge on any atom is -0.305 e. The molecule has 3 rings (SSSR count). The van der Waals surface area contributed by atoms with Crippen molar-refractivity contribution in [2.24, 2.45) is 4.99 Å². The minimum absolute atomic E-state index is 0.159. The van der Waals surface area contributed by atoms with Gasteiger partial charge in [0.2, 0.25) is 10.0 Å². The van der Waals surface area contributed by atoms with Gasteiger partial charge in [-0.15, -0.1) is 6.42 Å². The number of aryl methyl sites for hydroxylation is 1. The van der Waals surface area contributed by atoms with E-state index in [1.807, 2.05) is 10.6 Å². The largest absolute Gasteiger partial charge is 0.305 e. The third-order valence-corrected chi connectivity index (χ3v) is 8.56. The Bertz CT molecular complexity index is 1340. The van der Waals surface area contributed by atoms with E-state index in [2.05, 4.69) is 30.0 Å². The van der Waals surface area contributed by atoms with Crippen LogP contribution in [-0.4, -0.2) is 36.3 Å². The lowest BCUT2D eigenvalue weighted by Gasteiger charge is -2.18. The second kappa shape index (κ2) is 10.9. The maximum Gasteiger partial charge on any atom is 0.279 e. The Balaban J connectivity index is 1.97. The molecule has 1 aromatic heterocycles. The molecule has 0 N–H and O–H groups in total. The Morgan fingerprint density at radius 2 is 1.82 bits per heavy atom.